The van der Waals surface area contributed by atoms with E-state index in [1.807, 2.05) is 0 Å². The maximum Gasteiger partial charge on any atom is 0.0710 e. The van der Waals surface area contributed by atoms with Crippen molar-refractivity contribution >= 4 is 36.0 Å². The molecule has 224 valence electrons. The third kappa shape index (κ3) is 5.74. The topological polar surface area (TPSA) is 14.2 Å². The summed E-state index contributed by atoms with van der Waals surface area (Å²) in [5.41, 5.74) is 12.5. The average molecular weight is 588 g/mol. The van der Waals surface area contributed by atoms with Crippen LogP contribution in [0.1, 0.15) is 76.5 Å². The number of para-hydroxylation sites is 1. The molecule has 2 aliphatic carbocycles. The highest BCUT2D eigenvalue weighted by Crippen LogP contribution is 2.51. The van der Waals surface area contributed by atoms with Gasteiger partial charge in [0.1, 0.15) is 0 Å². The number of aromatic nitrogens is 1. The van der Waals surface area contributed by atoms with Crippen LogP contribution in [0.25, 0.3) is 39.0 Å². The Morgan fingerprint density at radius 2 is 1.56 bits per heavy atom. The molecule has 2 atom stereocenters. The van der Waals surface area contributed by atoms with E-state index in [-0.39, 0.29) is 5.60 Å². The van der Waals surface area contributed by atoms with E-state index in [2.05, 4.69) is 137 Å². The second-order valence-corrected chi connectivity index (χ2v) is 19.4. The van der Waals surface area contributed by atoms with E-state index in [1.165, 1.54) is 81.7 Å². The predicted octanol–water partition coefficient (Wildman–Crippen LogP) is 11.4. The van der Waals surface area contributed by atoms with Crippen molar-refractivity contribution in [3.63, 3.8) is 0 Å². The largest absolute Gasteiger partial charge is 0.376 e. The zero-order valence-electron chi connectivity index (χ0n) is 27.3. The van der Waals surface area contributed by atoms with Crippen LogP contribution >= 0.6 is 0 Å². The number of fused-ring (bicyclic) bond motifs is 4. The molecule has 0 amide bonds. The Balaban J connectivity index is 1.22. The molecular formula is C40H49NOSi. The summed E-state index contributed by atoms with van der Waals surface area (Å²) in [6.45, 7) is 14.9. The van der Waals surface area contributed by atoms with Gasteiger partial charge in [0.2, 0.25) is 0 Å². The summed E-state index contributed by atoms with van der Waals surface area (Å²) in [4.78, 5) is 0. The number of unbranched alkanes of at least 4 members (excludes halogenated alkanes) is 3. The van der Waals surface area contributed by atoms with Crippen LogP contribution < -0.4 is 0 Å². The average Bonchev–Trinajstić information content (AvgIpc) is 3.67. The van der Waals surface area contributed by atoms with E-state index in [9.17, 15) is 0 Å². The van der Waals surface area contributed by atoms with Gasteiger partial charge in [0, 0.05) is 41.0 Å². The summed E-state index contributed by atoms with van der Waals surface area (Å²) in [7, 11) is 0.447. The number of allylic oxidation sites excluding steroid dienone is 5. The first-order valence-electron chi connectivity index (χ1n) is 16.4. The van der Waals surface area contributed by atoms with Crippen molar-refractivity contribution in [1.29, 1.82) is 0 Å². The molecule has 2 unspecified atom stereocenters. The molecule has 0 radical (unpaired) electrons. The van der Waals surface area contributed by atoms with Crippen LogP contribution in [0.2, 0.25) is 18.6 Å². The normalized spacial score (nSPS) is 18.5. The summed E-state index contributed by atoms with van der Waals surface area (Å²) in [6, 6.07) is 22.7. The molecule has 0 N–H and O–H groups in total. The Labute approximate surface area is 260 Å². The quantitative estimate of drug-likeness (QED) is 0.133. The zero-order chi connectivity index (χ0) is 30.4. The Morgan fingerprint density at radius 1 is 0.837 bits per heavy atom. The number of hydrogen-bond acceptors (Lipinski definition) is 1. The lowest BCUT2D eigenvalue weighted by atomic mass is 9.93. The molecule has 0 saturated heterocycles. The number of ether oxygens (including phenoxy) is 1. The maximum atomic E-state index is 5.89. The SMILES string of the molecule is CC1=Cc2c(-c3cccc4c3c3ccccc3n4C)cccc2C1[Si](C)(C)C1C=CC(CCCCCCOC(C)(C)C)=C1. The van der Waals surface area contributed by atoms with Gasteiger partial charge in [0.25, 0.3) is 0 Å². The second-order valence-electron chi connectivity index (χ2n) is 14.5. The Hall–Kier alpha value is -3.14. The molecule has 3 heteroatoms. The van der Waals surface area contributed by atoms with Crippen molar-refractivity contribution in [3.05, 3.63) is 101 Å². The van der Waals surface area contributed by atoms with Gasteiger partial charge in [-0.15, -0.1) is 0 Å². The summed E-state index contributed by atoms with van der Waals surface area (Å²) < 4.78 is 8.23. The second kappa shape index (κ2) is 11.7. The predicted molar refractivity (Wildman–Crippen MR) is 189 cm³/mol. The highest BCUT2D eigenvalue weighted by Gasteiger charge is 2.43. The van der Waals surface area contributed by atoms with Crippen LogP contribution in [0.4, 0.5) is 0 Å². The fourth-order valence-electron chi connectivity index (χ4n) is 7.76. The number of aryl methyl sites for hydroxylation is 1. The lowest BCUT2D eigenvalue weighted by molar-refractivity contribution is -0.00473. The highest BCUT2D eigenvalue weighted by molar-refractivity contribution is 6.82. The van der Waals surface area contributed by atoms with E-state index < -0.39 is 8.07 Å². The standard InChI is InChI=1S/C40H49NOSi/c1-28-26-35-31(32-19-15-22-37-38(32)34-17-11-12-21-36(34)41(37)5)18-14-20-33(35)39(28)43(6,7)30-24-23-29(27-30)16-10-8-9-13-25-42-40(2,3)4/h11-12,14-15,17-24,26-27,30,39H,8-10,13,16,25H2,1-7H3. The van der Waals surface area contributed by atoms with Gasteiger partial charge in [0.15, 0.2) is 0 Å². The number of nitrogens with zero attached hydrogens (tertiary/aromatic N) is 1. The number of benzene rings is 3. The minimum Gasteiger partial charge on any atom is -0.376 e. The Morgan fingerprint density at radius 3 is 2.37 bits per heavy atom. The van der Waals surface area contributed by atoms with Crippen LogP contribution in [0, 0.1) is 0 Å². The maximum absolute atomic E-state index is 5.89. The molecule has 0 saturated carbocycles. The smallest absolute Gasteiger partial charge is 0.0710 e. The molecule has 0 fully saturated rings. The van der Waals surface area contributed by atoms with Crippen LogP contribution in [0.15, 0.2) is 90.0 Å². The lowest BCUT2D eigenvalue weighted by Gasteiger charge is -2.36. The van der Waals surface area contributed by atoms with Gasteiger partial charge in [-0.1, -0.05) is 110 Å². The molecule has 2 nitrogen and oxygen atoms in total. The molecule has 0 bridgehead atoms. The van der Waals surface area contributed by atoms with E-state index in [1.54, 1.807) is 5.57 Å². The van der Waals surface area contributed by atoms with Crippen LogP contribution in [-0.4, -0.2) is 24.8 Å². The van der Waals surface area contributed by atoms with Gasteiger partial charge in [-0.05, 0) is 86.9 Å². The highest BCUT2D eigenvalue weighted by atomic mass is 28.3. The van der Waals surface area contributed by atoms with Gasteiger partial charge < -0.3 is 9.30 Å². The summed E-state index contributed by atoms with van der Waals surface area (Å²) in [5.74, 6) is 0. The summed E-state index contributed by atoms with van der Waals surface area (Å²) in [6.07, 6.45) is 16.3. The fraction of sp³-hybridized carbons (Fsp3) is 0.400. The molecule has 0 spiro atoms. The molecule has 2 aliphatic rings. The zero-order valence-corrected chi connectivity index (χ0v) is 28.3. The first-order valence-corrected chi connectivity index (χ1v) is 19.5. The van der Waals surface area contributed by atoms with Crippen molar-refractivity contribution in [3.8, 4) is 11.1 Å². The molecule has 6 rings (SSSR count). The van der Waals surface area contributed by atoms with E-state index in [4.69, 9.17) is 4.74 Å². The first-order chi connectivity index (χ1) is 20.6. The van der Waals surface area contributed by atoms with E-state index >= 15 is 0 Å². The van der Waals surface area contributed by atoms with Crippen molar-refractivity contribution in [2.75, 3.05) is 6.61 Å². The van der Waals surface area contributed by atoms with Crippen molar-refractivity contribution < 1.29 is 4.74 Å². The molecule has 43 heavy (non-hydrogen) atoms. The van der Waals surface area contributed by atoms with Crippen LogP contribution in [0.5, 0.6) is 0 Å². The van der Waals surface area contributed by atoms with Gasteiger partial charge >= 0.3 is 0 Å². The van der Waals surface area contributed by atoms with Crippen LogP contribution in [-0.2, 0) is 11.8 Å². The Bertz CT molecular complexity index is 1740. The first kappa shape index (κ1) is 29.9. The summed E-state index contributed by atoms with van der Waals surface area (Å²) >= 11 is 0. The van der Waals surface area contributed by atoms with Crippen molar-refractivity contribution in [2.45, 2.75) is 89.6 Å². The van der Waals surface area contributed by atoms with Crippen molar-refractivity contribution in [1.82, 2.24) is 4.57 Å². The lowest BCUT2D eigenvalue weighted by Crippen LogP contribution is -2.38. The minimum absolute atomic E-state index is 0.0229. The number of rotatable bonds is 10. The molecule has 0 aliphatic heterocycles. The third-order valence-corrected chi connectivity index (χ3v) is 14.2. The number of hydrogen-bond donors (Lipinski definition) is 0. The minimum atomic E-state index is -1.75. The monoisotopic (exact) mass is 587 g/mol. The van der Waals surface area contributed by atoms with Gasteiger partial charge in [0.05, 0.1) is 13.7 Å². The van der Waals surface area contributed by atoms with Gasteiger partial charge in [-0.25, -0.2) is 0 Å². The molecular weight excluding hydrogens is 539 g/mol. The summed E-state index contributed by atoms with van der Waals surface area (Å²) in [5, 5.41) is 2.71. The molecule has 1 heterocycles. The van der Waals surface area contributed by atoms with E-state index in [0.717, 1.165) is 6.61 Å². The van der Waals surface area contributed by atoms with Crippen LogP contribution in [0.3, 0.4) is 0 Å². The molecule has 3 aromatic carbocycles. The Kier molecular flexibility index (Phi) is 8.17. The molecule has 1 aromatic heterocycles. The third-order valence-electron chi connectivity index (χ3n) is 9.92. The van der Waals surface area contributed by atoms with Gasteiger partial charge in [-0.2, -0.15) is 0 Å². The van der Waals surface area contributed by atoms with E-state index in [0.29, 0.717) is 11.1 Å². The van der Waals surface area contributed by atoms with Crippen molar-refractivity contribution in [2.24, 2.45) is 7.05 Å². The van der Waals surface area contributed by atoms with Gasteiger partial charge in [-0.3, -0.25) is 0 Å². The molecule has 4 aromatic rings. The fourth-order valence-corrected chi connectivity index (χ4v) is 11.7.